The van der Waals surface area contributed by atoms with Gasteiger partial charge in [-0.05, 0) is 19.2 Å². The maximum atomic E-state index is 12.9. The van der Waals surface area contributed by atoms with Gasteiger partial charge in [0.25, 0.3) is 0 Å². The lowest BCUT2D eigenvalue weighted by Gasteiger charge is -2.09. The van der Waals surface area contributed by atoms with Crippen LogP contribution in [0.15, 0.2) is 18.2 Å². The molecule has 1 aromatic carbocycles. The smallest absolute Gasteiger partial charge is 0.225 e. The Morgan fingerprint density at radius 2 is 2.18 bits per heavy atom. The number of hydrogen-bond acceptors (Lipinski definition) is 3. The number of carbonyl (C=O) groups excluding carboxylic acids is 1. The number of nitrogens with one attached hydrogen (secondary N) is 2. The van der Waals surface area contributed by atoms with Gasteiger partial charge in [-0.25, -0.2) is 4.39 Å². The van der Waals surface area contributed by atoms with Crippen molar-refractivity contribution in [1.29, 1.82) is 0 Å². The van der Waals surface area contributed by atoms with Crippen LogP contribution in [0.2, 0.25) is 0 Å². The minimum absolute atomic E-state index is 0. The van der Waals surface area contributed by atoms with Gasteiger partial charge in [0, 0.05) is 19.0 Å². The quantitative estimate of drug-likeness (QED) is 0.851. The first-order valence-electron chi connectivity index (χ1n) is 4.95. The molecule has 2 N–H and O–H groups in total. The second-order valence-corrected chi connectivity index (χ2v) is 3.25. The van der Waals surface area contributed by atoms with Crippen molar-refractivity contribution in [1.82, 2.24) is 5.32 Å². The van der Waals surface area contributed by atoms with Crippen LogP contribution in [0.5, 0.6) is 5.75 Å². The summed E-state index contributed by atoms with van der Waals surface area (Å²) in [6.45, 7) is 0.593. The molecule has 1 amide bonds. The van der Waals surface area contributed by atoms with E-state index < -0.39 is 5.82 Å². The molecule has 17 heavy (non-hydrogen) atoms. The molecule has 6 heteroatoms. The summed E-state index contributed by atoms with van der Waals surface area (Å²) >= 11 is 0. The van der Waals surface area contributed by atoms with Crippen LogP contribution in [0.3, 0.4) is 0 Å². The summed E-state index contributed by atoms with van der Waals surface area (Å²) in [6.07, 6.45) is 0.358. The number of anilines is 1. The van der Waals surface area contributed by atoms with Crippen LogP contribution >= 0.6 is 12.4 Å². The van der Waals surface area contributed by atoms with Crippen LogP contribution in [0.4, 0.5) is 10.1 Å². The first-order valence-corrected chi connectivity index (χ1v) is 4.95. The van der Waals surface area contributed by atoms with Gasteiger partial charge < -0.3 is 15.4 Å². The van der Waals surface area contributed by atoms with Gasteiger partial charge in [-0.2, -0.15) is 0 Å². The zero-order valence-corrected chi connectivity index (χ0v) is 10.6. The van der Waals surface area contributed by atoms with Crippen molar-refractivity contribution < 1.29 is 13.9 Å². The Hall–Kier alpha value is -1.33. The SMILES string of the molecule is CNCCC(=O)Nc1ccc(F)cc1OC.Cl. The summed E-state index contributed by atoms with van der Waals surface area (Å²) in [7, 11) is 3.20. The number of methoxy groups -OCH3 is 1. The Morgan fingerprint density at radius 1 is 1.47 bits per heavy atom. The molecule has 0 bridgehead atoms. The highest BCUT2D eigenvalue weighted by atomic mass is 35.5. The fourth-order valence-corrected chi connectivity index (χ4v) is 1.22. The Morgan fingerprint density at radius 3 is 2.76 bits per heavy atom. The van der Waals surface area contributed by atoms with E-state index in [2.05, 4.69) is 10.6 Å². The number of hydrogen-bond donors (Lipinski definition) is 2. The van der Waals surface area contributed by atoms with Crippen molar-refractivity contribution >= 4 is 24.0 Å². The molecule has 96 valence electrons. The highest BCUT2D eigenvalue weighted by molar-refractivity contribution is 5.92. The Kier molecular flexibility index (Phi) is 7.25. The maximum absolute atomic E-state index is 12.9. The Bertz CT molecular complexity index is 374. The lowest BCUT2D eigenvalue weighted by Crippen LogP contribution is -2.19. The monoisotopic (exact) mass is 262 g/mol. The van der Waals surface area contributed by atoms with E-state index in [4.69, 9.17) is 4.74 Å². The molecule has 0 spiro atoms. The Balaban J connectivity index is 0.00000256. The number of carbonyl (C=O) groups is 1. The number of benzene rings is 1. The first kappa shape index (κ1) is 15.7. The van der Waals surface area contributed by atoms with E-state index in [9.17, 15) is 9.18 Å². The number of halogens is 2. The molecule has 0 fully saturated rings. The molecule has 0 radical (unpaired) electrons. The molecule has 4 nitrogen and oxygen atoms in total. The fraction of sp³-hybridized carbons (Fsp3) is 0.364. The molecule has 1 aromatic rings. The van der Waals surface area contributed by atoms with Crippen molar-refractivity contribution in [2.45, 2.75) is 6.42 Å². The zero-order chi connectivity index (χ0) is 12.0. The average molecular weight is 263 g/mol. The van der Waals surface area contributed by atoms with E-state index in [1.165, 1.54) is 25.3 Å². The number of amides is 1. The summed E-state index contributed by atoms with van der Waals surface area (Å²) < 4.78 is 17.8. The molecule has 0 aromatic heterocycles. The van der Waals surface area contributed by atoms with E-state index in [0.717, 1.165) is 0 Å². The first-order chi connectivity index (χ1) is 7.67. The largest absolute Gasteiger partial charge is 0.494 e. The van der Waals surface area contributed by atoms with Gasteiger partial charge in [-0.1, -0.05) is 0 Å². The summed E-state index contributed by atoms with van der Waals surface area (Å²) in [5.41, 5.74) is 0.477. The average Bonchev–Trinajstić information content (AvgIpc) is 2.28. The molecule has 0 aliphatic carbocycles. The third kappa shape index (κ3) is 5.01. The summed E-state index contributed by atoms with van der Waals surface area (Å²) in [6, 6.07) is 3.98. The van der Waals surface area contributed by atoms with Crippen LogP contribution in [0, 0.1) is 5.82 Å². The van der Waals surface area contributed by atoms with E-state index in [-0.39, 0.29) is 18.3 Å². The number of ether oxygens (including phenoxy) is 1. The van der Waals surface area contributed by atoms with Crippen LogP contribution in [-0.2, 0) is 4.79 Å². The normalized spacial score (nSPS) is 9.35. The molecular formula is C11H16ClFN2O2. The molecule has 0 heterocycles. The minimum Gasteiger partial charge on any atom is -0.494 e. The van der Waals surface area contributed by atoms with Gasteiger partial charge in [0.05, 0.1) is 12.8 Å². The predicted octanol–water partition coefficient (Wildman–Crippen LogP) is 1.80. The van der Waals surface area contributed by atoms with Crippen molar-refractivity contribution in [2.24, 2.45) is 0 Å². The fourth-order valence-electron chi connectivity index (χ4n) is 1.22. The highest BCUT2D eigenvalue weighted by Crippen LogP contribution is 2.24. The van der Waals surface area contributed by atoms with Gasteiger partial charge in [-0.15, -0.1) is 12.4 Å². The molecule has 0 aliphatic rings. The lowest BCUT2D eigenvalue weighted by atomic mass is 10.2. The summed E-state index contributed by atoms with van der Waals surface area (Å²) in [5.74, 6) is -0.220. The van der Waals surface area contributed by atoms with Crippen molar-refractivity contribution in [3.05, 3.63) is 24.0 Å². The molecular weight excluding hydrogens is 247 g/mol. The summed E-state index contributed by atoms with van der Waals surface area (Å²) in [5, 5.41) is 5.52. The van der Waals surface area contributed by atoms with Crippen LogP contribution in [-0.4, -0.2) is 26.6 Å². The van der Waals surface area contributed by atoms with Crippen LogP contribution < -0.4 is 15.4 Å². The second-order valence-electron chi connectivity index (χ2n) is 3.25. The minimum atomic E-state index is -0.398. The van der Waals surface area contributed by atoms with Gasteiger partial charge in [0.2, 0.25) is 5.91 Å². The van der Waals surface area contributed by atoms with E-state index in [1.54, 1.807) is 7.05 Å². The number of rotatable bonds is 5. The zero-order valence-electron chi connectivity index (χ0n) is 9.75. The van der Waals surface area contributed by atoms with Gasteiger partial charge in [-0.3, -0.25) is 4.79 Å². The molecule has 0 unspecified atom stereocenters. The van der Waals surface area contributed by atoms with Crippen LogP contribution in [0.25, 0.3) is 0 Å². The van der Waals surface area contributed by atoms with E-state index in [1.807, 2.05) is 0 Å². The Labute approximate surface area is 106 Å². The van der Waals surface area contributed by atoms with Crippen molar-refractivity contribution in [3.8, 4) is 5.75 Å². The third-order valence-electron chi connectivity index (χ3n) is 2.04. The van der Waals surface area contributed by atoms with Gasteiger partial charge in [0.1, 0.15) is 11.6 Å². The van der Waals surface area contributed by atoms with Crippen molar-refractivity contribution in [2.75, 3.05) is 26.0 Å². The molecule has 0 saturated heterocycles. The van der Waals surface area contributed by atoms with Crippen LogP contribution in [0.1, 0.15) is 6.42 Å². The highest BCUT2D eigenvalue weighted by Gasteiger charge is 2.07. The van der Waals surface area contributed by atoms with Crippen molar-refractivity contribution in [3.63, 3.8) is 0 Å². The molecule has 0 atom stereocenters. The molecule has 0 saturated carbocycles. The van der Waals surface area contributed by atoms with E-state index >= 15 is 0 Å². The predicted molar refractivity (Wildman–Crippen MR) is 67.4 cm³/mol. The molecule has 1 rings (SSSR count). The van der Waals surface area contributed by atoms with Gasteiger partial charge >= 0.3 is 0 Å². The maximum Gasteiger partial charge on any atom is 0.225 e. The second kappa shape index (κ2) is 7.86. The summed E-state index contributed by atoms with van der Waals surface area (Å²) in [4.78, 5) is 11.4. The lowest BCUT2D eigenvalue weighted by molar-refractivity contribution is -0.116. The topological polar surface area (TPSA) is 50.4 Å². The van der Waals surface area contributed by atoms with E-state index in [0.29, 0.717) is 24.4 Å². The third-order valence-corrected chi connectivity index (χ3v) is 2.04. The van der Waals surface area contributed by atoms with Gasteiger partial charge in [0.15, 0.2) is 0 Å². The molecule has 0 aliphatic heterocycles. The standard InChI is InChI=1S/C11H15FN2O2.ClH/c1-13-6-5-11(15)14-9-4-3-8(12)7-10(9)16-2;/h3-4,7,13H,5-6H2,1-2H3,(H,14,15);1H.